The van der Waals surface area contributed by atoms with E-state index < -0.39 is 5.63 Å². The highest BCUT2D eigenvalue weighted by Crippen LogP contribution is 2.41. The fourth-order valence-corrected chi connectivity index (χ4v) is 5.06. The van der Waals surface area contributed by atoms with Crippen molar-refractivity contribution in [3.05, 3.63) is 95.0 Å². The standard InChI is InChI=1S/C33H25N3O5/c1-4-40-30-11-7-8-19-14-24(33(37)41-32(19)30)28-16-22(23-15-20(38-2)12-13-29(23)39-3)25(17-34)31(36-28)26-18-35-27-10-6-5-9-21(26)27/h5-16,18,35H,4H2,1-3H3. The first-order valence-electron chi connectivity index (χ1n) is 13.0. The first-order valence-corrected chi connectivity index (χ1v) is 13.0. The van der Waals surface area contributed by atoms with E-state index >= 15 is 0 Å². The molecule has 0 saturated carbocycles. The van der Waals surface area contributed by atoms with Crippen LogP contribution in [0, 0.1) is 11.3 Å². The molecule has 0 unspecified atom stereocenters. The van der Waals surface area contributed by atoms with Crippen LogP contribution in [-0.2, 0) is 0 Å². The van der Waals surface area contributed by atoms with Crippen molar-refractivity contribution in [3.8, 4) is 57.0 Å². The van der Waals surface area contributed by atoms with E-state index in [2.05, 4.69) is 11.1 Å². The van der Waals surface area contributed by atoms with E-state index in [4.69, 9.17) is 23.6 Å². The van der Waals surface area contributed by atoms with Crippen molar-refractivity contribution in [3.63, 3.8) is 0 Å². The molecule has 6 rings (SSSR count). The van der Waals surface area contributed by atoms with Crippen LogP contribution in [0.25, 0.3) is 55.5 Å². The third kappa shape index (κ3) is 4.43. The van der Waals surface area contributed by atoms with Gasteiger partial charge in [0.1, 0.15) is 17.6 Å². The van der Waals surface area contributed by atoms with Crippen LogP contribution < -0.4 is 19.8 Å². The van der Waals surface area contributed by atoms with Crippen molar-refractivity contribution in [2.75, 3.05) is 20.8 Å². The van der Waals surface area contributed by atoms with Gasteiger partial charge in [0.05, 0.1) is 43.3 Å². The molecule has 41 heavy (non-hydrogen) atoms. The lowest BCUT2D eigenvalue weighted by Crippen LogP contribution is -2.07. The number of para-hydroxylation sites is 2. The number of hydrogen-bond acceptors (Lipinski definition) is 7. The van der Waals surface area contributed by atoms with Crippen LogP contribution in [0.15, 0.2) is 88.2 Å². The number of aromatic amines is 1. The van der Waals surface area contributed by atoms with Gasteiger partial charge in [-0.3, -0.25) is 0 Å². The number of rotatable bonds is 7. The zero-order valence-electron chi connectivity index (χ0n) is 22.6. The number of nitrogens with one attached hydrogen (secondary N) is 1. The molecule has 0 saturated heterocycles. The summed E-state index contributed by atoms with van der Waals surface area (Å²) in [7, 11) is 3.14. The predicted octanol–water partition coefficient (Wildman–Crippen LogP) is 6.96. The molecular formula is C33H25N3O5. The molecule has 0 atom stereocenters. The smallest absolute Gasteiger partial charge is 0.345 e. The summed E-state index contributed by atoms with van der Waals surface area (Å²) in [6, 6.07) is 24.4. The zero-order valence-corrected chi connectivity index (χ0v) is 22.6. The zero-order chi connectivity index (χ0) is 28.5. The Balaban J connectivity index is 1.69. The van der Waals surface area contributed by atoms with Gasteiger partial charge in [-0.05, 0) is 49.4 Å². The summed E-state index contributed by atoms with van der Waals surface area (Å²) < 4.78 is 22.6. The number of aromatic nitrogens is 2. The Morgan fingerprint density at radius 1 is 0.902 bits per heavy atom. The van der Waals surface area contributed by atoms with E-state index in [1.54, 1.807) is 50.6 Å². The van der Waals surface area contributed by atoms with E-state index in [1.165, 1.54) is 0 Å². The lowest BCUT2D eigenvalue weighted by Gasteiger charge is -2.16. The minimum absolute atomic E-state index is 0.250. The van der Waals surface area contributed by atoms with Crippen molar-refractivity contribution in [1.82, 2.24) is 9.97 Å². The predicted molar refractivity (Wildman–Crippen MR) is 157 cm³/mol. The Morgan fingerprint density at radius 2 is 1.76 bits per heavy atom. The van der Waals surface area contributed by atoms with Gasteiger partial charge in [0.2, 0.25) is 0 Å². The number of methoxy groups -OCH3 is 2. The monoisotopic (exact) mass is 543 g/mol. The van der Waals surface area contributed by atoms with Crippen LogP contribution in [0.4, 0.5) is 0 Å². The van der Waals surface area contributed by atoms with Crippen molar-refractivity contribution >= 4 is 21.9 Å². The Labute approximate surface area is 235 Å². The van der Waals surface area contributed by atoms with Gasteiger partial charge in [-0.25, -0.2) is 9.78 Å². The Bertz CT molecular complexity index is 2030. The topological polar surface area (TPSA) is 110 Å². The summed E-state index contributed by atoms with van der Waals surface area (Å²) in [5.41, 5.74) is 3.92. The van der Waals surface area contributed by atoms with Crippen molar-refractivity contribution in [2.24, 2.45) is 0 Å². The van der Waals surface area contributed by atoms with Gasteiger partial charge in [-0.15, -0.1) is 0 Å². The second-order valence-corrected chi connectivity index (χ2v) is 9.26. The molecule has 0 spiro atoms. The van der Waals surface area contributed by atoms with Gasteiger partial charge in [0, 0.05) is 39.2 Å². The number of ether oxygens (including phenoxy) is 3. The quantitative estimate of drug-likeness (QED) is 0.217. The van der Waals surface area contributed by atoms with Crippen LogP contribution in [0.3, 0.4) is 0 Å². The van der Waals surface area contributed by atoms with Crippen LogP contribution >= 0.6 is 0 Å². The van der Waals surface area contributed by atoms with Crippen molar-refractivity contribution in [2.45, 2.75) is 6.92 Å². The number of nitriles is 1. The second-order valence-electron chi connectivity index (χ2n) is 9.26. The molecule has 0 radical (unpaired) electrons. The average Bonchev–Trinajstić information content (AvgIpc) is 3.44. The molecule has 0 bridgehead atoms. The Hall–Kier alpha value is -5.55. The molecule has 8 heteroatoms. The van der Waals surface area contributed by atoms with Crippen LogP contribution in [0.2, 0.25) is 0 Å². The van der Waals surface area contributed by atoms with Gasteiger partial charge in [0.15, 0.2) is 11.3 Å². The lowest BCUT2D eigenvalue weighted by atomic mass is 9.93. The molecule has 8 nitrogen and oxygen atoms in total. The van der Waals surface area contributed by atoms with Crippen LogP contribution in [0.5, 0.6) is 17.2 Å². The summed E-state index contributed by atoms with van der Waals surface area (Å²) in [4.78, 5) is 21.6. The first-order chi connectivity index (χ1) is 20.1. The Morgan fingerprint density at radius 3 is 2.54 bits per heavy atom. The van der Waals surface area contributed by atoms with E-state index in [0.29, 0.717) is 62.9 Å². The number of H-pyrrole nitrogens is 1. The third-order valence-electron chi connectivity index (χ3n) is 6.97. The van der Waals surface area contributed by atoms with E-state index in [0.717, 1.165) is 16.5 Å². The molecular weight excluding hydrogens is 518 g/mol. The molecule has 3 aromatic carbocycles. The second kappa shape index (κ2) is 10.5. The molecule has 0 aliphatic rings. The lowest BCUT2D eigenvalue weighted by molar-refractivity contribution is 0.337. The minimum atomic E-state index is -0.574. The average molecular weight is 544 g/mol. The van der Waals surface area contributed by atoms with Crippen LogP contribution in [0.1, 0.15) is 12.5 Å². The van der Waals surface area contributed by atoms with Crippen molar-refractivity contribution in [1.29, 1.82) is 5.26 Å². The van der Waals surface area contributed by atoms with E-state index in [9.17, 15) is 10.1 Å². The highest BCUT2D eigenvalue weighted by atomic mass is 16.5. The molecule has 0 fully saturated rings. The van der Waals surface area contributed by atoms with Crippen molar-refractivity contribution < 1.29 is 18.6 Å². The fourth-order valence-electron chi connectivity index (χ4n) is 5.06. The normalized spacial score (nSPS) is 11.0. The van der Waals surface area contributed by atoms with Crippen LogP contribution in [-0.4, -0.2) is 30.8 Å². The largest absolute Gasteiger partial charge is 0.497 e. The molecule has 0 amide bonds. The molecule has 0 aliphatic carbocycles. The highest BCUT2D eigenvalue weighted by Gasteiger charge is 2.23. The fraction of sp³-hybridized carbons (Fsp3) is 0.121. The van der Waals surface area contributed by atoms with Gasteiger partial charge in [-0.2, -0.15) is 5.26 Å². The molecule has 202 valence electrons. The van der Waals surface area contributed by atoms with E-state index in [1.807, 2.05) is 49.5 Å². The third-order valence-corrected chi connectivity index (χ3v) is 6.97. The summed E-state index contributed by atoms with van der Waals surface area (Å²) in [5, 5.41) is 12.1. The van der Waals surface area contributed by atoms with Gasteiger partial charge >= 0.3 is 5.63 Å². The Kier molecular flexibility index (Phi) is 6.62. The summed E-state index contributed by atoms with van der Waals surface area (Å²) in [6.45, 7) is 2.30. The molecule has 3 aromatic heterocycles. The van der Waals surface area contributed by atoms with Gasteiger partial charge in [-0.1, -0.05) is 30.3 Å². The summed E-state index contributed by atoms with van der Waals surface area (Å²) in [6.07, 6.45) is 1.82. The number of nitrogens with zero attached hydrogens (tertiary/aromatic N) is 2. The van der Waals surface area contributed by atoms with Gasteiger partial charge in [0.25, 0.3) is 0 Å². The summed E-state index contributed by atoms with van der Waals surface area (Å²) >= 11 is 0. The number of pyridine rings is 1. The minimum Gasteiger partial charge on any atom is -0.497 e. The molecule has 3 heterocycles. The number of hydrogen-bond donors (Lipinski definition) is 1. The van der Waals surface area contributed by atoms with Gasteiger partial charge < -0.3 is 23.6 Å². The van der Waals surface area contributed by atoms with E-state index in [-0.39, 0.29) is 5.56 Å². The maximum atomic E-state index is 13.4. The maximum Gasteiger partial charge on any atom is 0.345 e. The molecule has 1 N–H and O–H groups in total. The molecule has 0 aliphatic heterocycles. The number of benzene rings is 3. The summed E-state index contributed by atoms with van der Waals surface area (Å²) in [5.74, 6) is 1.62. The molecule has 6 aromatic rings. The highest BCUT2D eigenvalue weighted by molar-refractivity contribution is 5.98. The first kappa shape index (κ1) is 25.7. The SMILES string of the molecule is CCOc1cccc2cc(-c3cc(-c4cc(OC)ccc4OC)c(C#N)c(-c4c[nH]c5ccccc45)n3)c(=O)oc12. The number of fused-ring (bicyclic) bond motifs is 2. The maximum absolute atomic E-state index is 13.4.